The van der Waals surface area contributed by atoms with Crippen molar-refractivity contribution in [2.75, 3.05) is 7.11 Å². The van der Waals surface area contributed by atoms with Crippen molar-refractivity contribution >= 4 is 5.97 Å². The third kappa shape index (κ3) is 1.70. The average Bonchev–Trinajstić information content (AvgIpc) is 2.20. The van der Waals surface area contributed by atoms with Gasteiger partial charge in [-0.25, -0.2) is 4.79 Å². The van der Waals surface area contributed by atoms with Gasteiger partial charge in [0.15, 0.2) is 5.60 Å². The van der Waals surface area contributed by atoms with Crippen LogP contribution in [0.15, 0.2) is 0 Å². The van der Waals surface area contributed by atoms with Gasteiger partial charge in [0, 0.05) is 0 Å². The van der Waals surface area contributed by atoms with E-state index in [1.54, 1.807) is 0 Å². The second kappa shape index (κ2) is 2.98. The fraction of sp³-hybridized carbons (Fsp3) is 0.900. The third-order valence-corrected chi connectivity index (χ3v) is 2.96. The zero-order valence-electron chi connectivity index (χ0n) is 8.76. The monoisotopic (exact) mass is 186 g/mol. The molecule has 0 heterocycles. The molecule has 0 amide bonds. The standard InChI is InChI=1S/C10H18O3/c1-7-5-9(2,3)6-10(7,12)8(11)13-4/h7,12H,5-6H2,1-4H3. The quantitative estimate of drug-likeness (QED) is 0.629. The minimum absolute atomic E-state index is 0.0186. The van der Waals surface area contributed by atoms with Crippen LogP contribution in [0.5, 0.6) is 0 Å². The lowest BCUT2D eigenvalue weighted by Gasteiger charge is -2.24. The smallest absolute Gasteiger partial charge is 0.338 e. The molecule has 0 aromatic rings. The predicted molar refractivity (Wildman–Crippen MR) is 49.1 cm³/mol. The molecule has 1 aliphatic carbocycles. The Balaban J connectivity index is 2.87. The maximum atomic E-state index is 11.4. The van der Waals surface area contributed by atoms with Crippen LogP contribution in [0.1, 0.15) is 33.6 Å². The molecule has 1 aliphatic rings. The zero-order chi connectivity index (χ0) is 10.3. The fourth-order valence-electron chi connectivity index (χ4n) is 2.42. The number of carbonyl (C=O) groups excluding carboxylic acids is 1. The number of hydrogen-bond acceptors (Lipinski definition) is 3. The van der Waals surface area contributed by atoms with E-state index >= 15 is 0 Å². The Kier molecular flexibility index (Phi) is 2.41. The van der Waals surface area contributed by atoms with Crippen LogP contribution in [0.2, 0.25) is 0 Å². The van der Waals surface area contributed by atoms with Gasteiger partial charge >= 0.3 is 5.97 Å². The van der Waals surface area contributed by atoms with Crippen LogP contribution in [0.25, 0.3) is 0 Å². The van der Waals surface area contributed by atoms with Crippen LogP contribution < -0.4 is 0 Å². The van der Waals surface area contributed by atoms with Gasteiger partial charge in [0.25, 0.3) is 0 Å². The summed E-state index contributed by atoms with van der Waals surface area (Å²) in [4.78, 5) is 11.4. The number of ether oxygens (including phenoxy) is 1. The summed E-state index contributed by atoms with van der Waals surface area (Å²) in [5, 5.41) is 10.1. The molecule has 13 heavy (non-hydrogen) atoms. The number of methoxy groups -OCH3 is 1. The highest BCUT2D eigenvalue weighted by molar-refractivity contribution is 5.80. The van der Waals surface area contributed by atoms with E-state index in [0.717, 1.165) is 6.42 Å². The largest absolute Gasteiger partial charge is 0.467 e. The molecule has 0 spiro atoms. The Morgan fingerprint density at radius 3 is 2.38 bits per heavy atom. The lowest BCUT2D eigenvalue weighted by atomic mass is 9.89. The summed E-state index contributed by atoms with van der Waals surface area (Å²) < 4.78 is 4.61. The van der Waals surface area contributed by atoms with Crippen molar-refractivity contribution < 1.29 is 14.6 Å². The molecule has 0 aromatic carbocycles. The summed E-state index contributed by atoms with van der Waals surface area (Å²) in [6, 6.07) is 0. The van der Waals surface area contributed by atoms with Crippen molar-refractivity contribution in [3.05, 3.63) is 0 Å². The van der Waals surface area contributed by atoms with E-state index in [-0.39, 0.29) is 11.3 Å². The number of carbonyl (C=O) groups is 1. The van der Waals surface area contributed by atoms with Crippen LogP contribution >= 0.6 is 0 Å². The first-order valence-corrected chi connectivity index (χ1v) is 4.63. The van der Waals surface area contributed by atoms with Gasteiger partial charge in [0.1, 0.15) is 0 Å². The summed E-state index contributed by atoms with van der Waals surface area (Å²) in [6.45, 7) is 6.01. The van der Waals surface area contributed by atoms with Crippen LogP contribution in [-0.4, -0.2) is 23.8 Å². The predicted octanol–water partition coefficient (Wildman–Crippen LogP) is 1.35. The molecule has 3 heteroatoms. The molecule has 0 bridgehead atoms. The summed E-state index contributed by atoms with van der Waals surface area (Å²) in [5.74, 6) is -0.513. The molecule has 0 saturated heterocycles. The molecule has 0 radical (unpaired) electrons. The molecule has 2 atom stereocenters. The van der Waals surface area contributed by atoms with Gasteiger partial charge < -0.3 is 9.84 Å². The summed E-state index contributed by atoms with van der Waals surface area (Å²) in [5.41, 5.74) is -1.24. The summed E-state index contributed by atoms with van der Waals surface area (Å²) in [6.07, 6.45) is 1.35. The Bertz CT molecular complexity index is 222. The van der Waals surface area contributed by atoms with Crippen molar-refractivity contribution in [1.29, 1.82) is 0 Å². The van der Waals surface area contributed by atoms with Crippen LogP contribution in [0.3, 0.4) is 0 Å². The SMILES string of the molecule is COC(=O)C1(O)CC(C)(C)CC1C. The molecule has 0 aliphatic heterocycles. The highest BCUT2D eigenvalue weighted by Crippen LogP contribution is 2.47. The Morgan fingerprint density at radius 2 is 2.08 bits per heavy atom. The van der Waals surface area contributed by atoms with Gasteiger partial charge in [-0.15, -0.1) is 0 Å². The van der Waals surface area contributed by atoms with Crippen LogP contribution in [0.4, 0.5) is 0 Å². The molecule has 2 unspecified atom stereocenters. The van der Waals surface area contributed by atoms with Gasteiger partial charge in [0.05, 0.1) is 7.11 Å². The van der Waals surface area contributed by atoms with E-state index in [0.29, 0.717) is 6.42 Å². The first-order valence-electron chi connectivity index (χ1n) is 4.63. The number of aliphatic hydroxyl groups is 1. The van der Waals surface area contributed by atoms with E-state index in [4.69, 9.17) is 0 Å². The number of esters is 1. The molecule has 76 valence electrons. The van der Waals surface area contributed by atoms with Crippen LogP contribution in [-0.2, 0) is 9.53 Å². The van der Waals surface area contributed by atoms with Crippen molar-refractivity contribution in [1.82, 2.24) is 0 Å². The molecular weight excluding hydrogens is 168 g/mol. The lowest BCUT2D eigenvalue weighted by Crippen LogP contribution is -2.42. The first kappa shape index (κ1) is 10.5. The minimum atomic E-state index is -1.27. The summed E-state index contributed by atoms with van der Waals surface area (Å²) >= 11 is 0. The van der Waals surface area contributed by atoms with Crippen molar-refractivity contribution in [3.8, 4) is 0 Å². The second-order valence-corrected chi connectivity index (χ2v) is 4.86. The van der Waals surface area contributed by atoms with Crippen LogP contribution in [0, 0.1) is 11.3 Å². The maximum absolute atomic E-state index is 11.4. The van der Waals surface area contributed by atoms with Crippen molar-refractivity contribution in [2.45, 2.75) is 39.2 Å². The highest BCUT2D eigenvalue weighted by Gasteiger charge is 2.53. The number of rotatable bonds is 1. The van der Waals surface area contributed by atoms with Gasteiger partial charge in [-0.05, 0) is 24.2 Å². The first-order chi connectivity index (χ1) is 5.82. The highest BCUT2D eigenvalue weighted by atomic mass is 16.5. The van der Waals surface area contributed by atoms with Crippen molar-refractivity contribution in [3.63, 3.8) is 0 Å². The molecule has 0 aromatic heterocycles. The van der Waals surface area contributed by atoms with Crippen molar-refractivity contribution in [2.24, 2.45) is 11.3 Å². The van der Waals surface area contributed by atoms with Gasteiger partial charge in [-0.3, -0.25) is 0 Å². The van der Waals surface area contributed by atoms with E-state index < -0.39 is 11.6 Å². The third-order valence-electron chi connectivity index (χ3n) is 2.96. The second-order valence-electron chi connectivity index (χ2n) is 4.86. The van der Waals surface area contributed by atoms with E-state index in [9.17, 15) is 9.90 Å². The van der Waals surface area contributed by atoms with E-state index in [1.165, 1.54) is 7.11 Å². The topological polar surface area (TPSA) is 46.5 Å². The van der Waals surface area contributed by atoms with Gasteiger partial charge in [0.2, 0.25) is 0 Å². The molecule has 1 fully saturated rings. The molecule has 1 N–H and O–H groups in total. The molecular formula is C10H18O3. The Morgan fingerprint density at radius 1 is 1.54 bits per heavy atom. The minimum Gasteiger partial charge on any atom is -0.467 e. The maximum Gasteiger partial charge on any atom is 0.338 e. The summed E-state index contributed by atoms with van der Waals surface area (Å²) in [7, 11) is 1.32. The lowest BCUT2D eigenvalue weighted by molar-refractivity contribution is -0.166. The molecule has 3 nitrogen and oxygen atoms in total. The number of hydrogen-bond donors (Lipinski definition) is 1. The fourth-order valence-corrected chi connectivity index (χ4v) is 2.42. The van der Waals surface area contributed by atoms with E-state index in [2.05, 4.69) is 18.6 Å². The van der Waals surface area contributed by atoms with E-state index in [1.807, 2.05) is 6.92 Å². The van der Waals surface area contributed by atoms with Gasteiger partial charge in [-0.1, -0.05) is 20.8 Å². The Labute approximate surface area is 79.1 Å². The normalized spacial score (nSPS) is 37.5. The van der Waals surface area contributed by atoms with Gasteiger partial charge in [-0.2, -0.15) is 0 Å². The Hall–Kier alpha value is -0.570. The zero-order valence-corrected chi connectivity index (χ0v) is 8.76. The molecule has 1 rings (SSSR count). The molecule has 1 saturated carbocycles. The average molecular weight is 186 g/mol.